The third-order valence-corrected chi connectivity index (χ3v) is 6.67. The molecule has 1 aliphatic rings. The molecule has 0 amide bonds. The minimum absolute atomic E-state index is 0.666. The van der Waals surface area contributed by atoms with E-state index in [-0.39, 0.29) is 0 Å². The minimum atomic E-state index is 0.666. The number of hydrogen-bond donors (Lipinski definition) is 0. The molecular weight excluding hydrogens is 480 g/mol. The van der Waals surface area contributed by atoms with E-state index in [1.807, 2.05) is 48.5 Å². The van der Waals surface area contributed by atoms with Crippen molar-refractivity contribution in [1.82, 2.24) is 0 Å². The second kappa shape index (κ2) is 11.4. The zero-order valence-electron chi connectivity index (χ0n) is 22.2. The van der Waals surface area contributed by atoms with Crippen molar-refractivity contribution in [3.63, 3.8) is 0 Å². The summed E-state index contributed by atoms with van der Waals surface area (Å²) in [5, 5.41) is 0. The second-order valence-corrected chi connectivity index (χ2v) is 9.21. The van der Waals surface area contributed by atoms with Gasteiger partial charge in [0.15, 0.2) is 23.0 Å². The quantitative estimate of drug-likeness (QED) is 0.288. The first-order valence-corrected chi connectivity index (χ1v) is 12.6. The summed E-state index contributed by atoms with van der Waals surface area (Å²) in [6.45, 7) is 0. The molecule has 4 aromatic rings. The standard InChI is InChI=1S/C32H32O6/c1-33-25-13-23-7-5-21-9-12-30(36-4)32(18-21)38-28-16-24(14-26(20-28)34-2)8-6-22-10-11-29(35-3)31(17-22)37-27(15-23)19-25/h9-20H,5-8H2,1-4H3. The normalized spacial score (nSPS) is 12.7. The van der Waals surface area contributed by atoms with E-state index in [4.69, 9.17) is 28.4 Å². The van der Waals surface area contributed by atoms with Crippen LogP contribution < -0.4 is 28.4 Å². The molecule has 1 heterocycles. The van der Waals surface area contributed by atoms with E-state index in [2.05, 4.69) is 24.3 Å². The molecule has 0 spiro atoms. The molecule has 38 heavy (non-hydrogen) atoms. The van der Waals surface area contributed by atoms with Crippen LogP contribution in [0, 0.1) is 0 Å². The highest BCUT2D eigenvalue weighted by molar-refractivity contribution is 5.50. The van der Waals surface area contributed by atoms with Gasteiger partial charge in [0.25, 0.3) is 0 Å². The van der Waals surface area contributed by atoms with Gasteiger partial charge in [0.1, 0.15) is 23.0 Å². The Hall–Kier alpha value is -4.32. The Morgan fingerprint density at radius 2 is 0.868 bits per heavy atom. The third kappa shape index (κ3) is 5.80. The Morgan fingerprint density at radius 1 is 0.447 bits per heavy atom. The van der Waals surface area contributed by atoms with Gasteiger partial charge in [-0.2, -0.15) is 0 Å². The maximum atomic E-state index is 6.36. The Kier molecular flexibility index (Phi) is 7.59. The third-order valence-electron chi connectivity index (χ3n) is 6.67. The fourth-order valence-electron chi connectivity index (χ4n) is 4.65. The Bertz CT molecular complexity index is 1320. The van der Waals surface area contributed by atoms with Crippen LogP contribution >= 0.6 is 0 Å². The van der Waals surface area contributed by atoms with E-state index in [1.54, 1.807) is 28.4 Å². The van der Waals surface area contributed by atoms with Crippen LogP contribution in [0.25, 0.3) is 0 Å². The van der Waals surface area contributed by atoms with Crippen molar-refractivity contribution in [2.24, 2.45) is 0 Å². The number of ether oxygens (including phenoxy) is 6. The molecule has 0 radical (unpaired) electrons. The van der Waals surface area contributed by atoms with E-state index in [1.165, 1.54) is 0 Å². The zero-order valence-corrected chi connectivity index (χ0v) is 22.2. The summed E-state index contributed by atoms with van der Waals surface area (Å²) in [5.74, 6) is 5.57. The van der Waals surface area contributed by atoms with Crippen molar-refractivity contribution in [3.8, 4) is 46.0 Å². The van der Waals surface area contributed by atoms with Crippen LogP contribution in [0.4, 0.5) is 0 Å². The molecular formula is C32H32O6. The molecule has 6 nitrogen and oxygen atoms in total. The molecule has 4 aromatic carbocycles. The van der Waals surface area contributed by atoms with Gasteiger partial charge in [-0.15, -0.1) is 0 Å². The van der Waals surface area contributed by atoms with E-state index in [9.17, 15) is 0 Å². The summed E-state index contributed by atoms with van der Waals surface area (Å²) in [4.78, 5) is 0. The molecule has 6 heteroatoms. The van der Waals surface area contributed by atoms with Crippen LogP contribution in [0.1, 0.15) is 22.3 Å². The highest BCUT2D eigenvalue weighted by Gasteiger charge is 2.14. The first kappa shape index (κ1) is 25.3. The van der Waals surface area contributed by atoms with E-state index < -0.39 is 0 Å². The minimum Gasteiger partial charge on any atom is -0.497 e. The largest absolute Gasteiger partial charge is 0.497 e. The summed E-state index contributed by atoms with van der Waals surface area (Å²) in [5.41, 5.74) is 4.46. The van der Waals surface area contributed by atoms with Crippen molar-refractivity contribution >= 4 is 0 Å². The van der Waals surface area contributed by atoms with E-state index in [0.717, 1.165) is 59.4 Å². The van der Waals surface area contributed by atoms with Crippen LogP contribution in [0.2, 0.25) is 0 Å². The van der Waals surface area contributed by atoms with Gasteiger partial charge in [0, 0.05) is 12.1 Å². The van der Waals surface area contributed by atoms with Crippen molar-refractivity contribution in [1.29, 1.82) is 0 Å². The van der Waals surface area contributed by atoms with Gasteiger partial charge in [-0.3, -0.25) is 0 Å². The Morgan fingerprint density at radius 3 is 1.26 bits per heavy atom. The lowest BCUT2D eigenvalue weighted by atomic mass is 10.0. The van der Waals surface area contributed by atoms with Gasteiger partial charge in [0.2, 0.25) is 0 Å². The van der Waals surface area contributed by atoms with Gasteiger partial charge in [-0.05, 0) is 96.5 Å². The van der Waals surface area contributed by atoms with Crippen LogP contribution in [0.15, 0.2) is 72.8 Å². The number of aryl methyl sites for hydroxylation is 4. The molecule has 0 saturated carbocycles. The number of methoxy groups -OCH3 is 4. The maximum Gasteiger partial charge on any atom is 0.169 e. The molecule has 0 unspecified atom stereocenters. The molecule has 0 saturated heterocycles. The zero-order chi connectivity index (χ0) is 26.5. The summed E-state index contributed by atoms with van der Waals surface area (Å²) in [6, 6.07) is 24.1. The number of benzene rings is 4. The number of rotatable bonds is 4. The SMILES string of the molecule is COc1cc2cc(c1)Oc1cc(ccc1OC)CCc1cc(OC)cc(c1)Oc1cc(ccc1OC)CC2. The molecule has 1 aliphatic heterocycles. The maximum absolute atomic E-state index is 6.36. The molecule has 0 atom stereocenters. The van der Waals surface area contributed by atoms with Crippen LogP contribution in [0.3, 0.4) is 0 Å². The highest BCUT2D eigenvalue weighted by atomic mass is 16.5. The average molecular weight is 513 g/mol. The van der Waals surface area contributed by atoms with Crippen LogP contribution in [-0.4, -0.2) is 28.4 Å². The topological polar surface area (TPSA) is 55.4 Å². The lowest BCUT2D eigenvalue weighted by Gasteiger charge is -2.16. The van der Waals surface area contributed by atoms with Gasteiger partial charge >= 0.3 is 0 Å². The molecule has 0 fully saturated rings. The predicted molar refractivity (Wildman–Crippen MR) is 147 cm³/mol. The summed E-state index contributed by atoms with van der Waals surface area (Å²) in [6.07, 6.45) is 3.18. The fraction of sp³-hybridized carbons (Fsp3) is 0.250. The summed E-state index contributed by atoms with van der Waals surface area (Å²) >= 11 is 0. The molecule has 0 aliphatic carbocycles. The predicted octanol–water partition coefficient (Wildman–Crippen LogP) is 7.19. The van der Waals surface area contributed by atoms with Gasteiger partial charge in [-0.25, -0.2) is 0 Å². The first-order valence-electron chi connectivity index (χ1n) is 12.6. The highest BCUT2D eigenvalue weighted by Crippen LogP contribution is 2.37. The second-order valence-electron chi connectivity index (χ2n) is 9.21. The van der Waals surface area contributed by atoms with Crippen molar-refractivity contribution < 1.29 is 28.4 Å². The summed E-state index contributed by atoms with van der Waals surface area (Å²) < 4.78 is 35.1. The van der Waals surface area contributed by atoms with Crippen molar-refractivity contribution in [2.75, 3.05) is 28.4 Å². The molecule has 0 N–H and O–H groups in total. The Labute approximate surface area is 223 Å². The van der Waals surface area contributed by atoms with Crippen LogP contribution in [-0.2, 0) is 25.7 Å². The molecule has 196 valence electrons. The molecule has 0 aromatic heterocycles. The lowest BCUT2D eigenvalue weighted by Crippen LogP contribution is -1.99. The van der Waals surface area contributed by atoms with Gasteiger partial charge in [-0.1, -0.05) is 12.1 Å². The smallest absolute Gasteiger partial charge is 0.169 e. The molecule has 5 rings (SSSR count). The van der Waals surface area contributed by atoms with E-state index >= 15 is 0 Å². The monoisotopic (exact) mass is 512 g/mol. The van der Waals surface area contributed by atoms with Crippen molar-refractivity contribution in [3.05, 3.63) is 95.1 Å². The van der Waals surface area contributed by atoms with Gasteiger partial charge in [0.05, 0.1) is 28.4 Å². The first-order chi connectivity index (χ1) is 18.6. The average Bonchev–Trinajstić information content (AvgIpc) is 2.94. The fourth-order valence-corrected chi connectivity index (χ4v) is 4.65. The molecule has 8 bridgehead atoms. The van der Waals surface area contributed by atoms with Crippen LogP contribution in [0.5, 0.6) is 46.0 Å². The van der Waals surface area contributed by atoms with Crippen molar-refractivity contribution in [2.45, 2.75) is 25.7 Å². The number of hydrogen-bond acceptors (Lipinski definition) is 6. The van der Waals surface area contributed by atoms with E-state index in [0.29, 0.717) is 34.5 Å². The number of fused-ring (bicyclic) bond motifs is 8. The Balaban J connectivity index is 1.59. The summed E-state index contributed by atoms with van der Waals surface area (Å²) in [7, 11) is 6.63. The lowest BCUT2D eigenvalue weighted by molar-refractivity contribution is 0.375. The van der Waals surface area contributed by atoms with Gasteiger partial charge < -0.3 is 28.4 Å².